The fourth-order valence-electron chi connectivity index (χ4n) is 2.91. The van der Waals surface area contributed by atoms with Gasteiger partial charge >= 0.3 is 0 Å². The molecule has 0 saturated carbocycles. The quantitative estimate of drug-likeness (QED) is 0.760. The fraction of sp³-hybridized carbons (Fsp3) is 0.625. The van der Waals surface area contributed by atoms with Crippen LogP contribution in [0, 0.1) is 5.82 Å². The van der Waals surface area contributed by atoms with E-state index in [-0.39, 0.29) is 12.4 Å². The van der Waals surface area contributed by atoms with Crippen molar-refractivity contribution >= 4 is 11.4 Å². The minimum absolute atomic E-state index is 0.202. The van der Waals surface area contributed by atoms with Crippen LogP contribution in [-0.2, 0) is 0 Å². The van der Waals surface area contributed by atoms with Crippen molar-refractivity contribution in [2.24, 2.45) is 0 Å². The van der Waals surface area contributed by atoms with Gasteiger partial charge in [-0.1, -0.05) is 6.92 Å². The van der Waals surface area contributed by atoms with Crippen LogP contribution in [0.5, 0.6) is 5.75 Å². The van der Waals surface area contributed by atoms with Gasteiger partial charge in [-0.2, -0.15) is 0 Å². The first-order valence-corrected chi connectivity index (χ1v) is 7.76. The third-order valence-corrected chi connectivity index (χ3v) is 3.92. The van der Waals surface area contributed by atoms with Crippen molar-refractivity contribution in [2.45, 2.75) is 45.1 Å². The van der Waals surface area contributed by atoms with E-state index in [0.29, 0.717) is 18.3 Å². The van der Waals surface area contributed by atoms with Gasteiger partial charge in [0.25, 0.3) is 0 Å². The molecule has 0 bridgehead atoms. The van der Waals surface area contributed by atoms with Crippen LogP contribution >= 0.6 is 0 Å². The number of aliphatic hydroxyl groups is 1. The summed E-state index contributed by atoms with van der Waals surface area (Å²) in [6.07, 6.45) is 4.72. The van der Waals surface area contributed by atoms with Crippen molar-refractivity contribution in [3.63, 3.8) is 0 Å². The lowest BCUT2D eigenvalue weighted by atomic mass is 10.1. The summed E-state index contributed by atoms with van der Waals surface area (Å²) in [7, 11) is 0. The van der Waals surface area contributed by atoms with Crippen LogP contribution in [0.15, 0.2) is 12.1 Å². The van der Waals surface area contributed by atoms with Crippen molar-refractivity contribution in [1.29, 1.82) is 0 Å². The van der Waals surface area contributed by atoms with E-state index in [1.165, 1.54) is 6.07 Å². The predicted octanol–water partition coefficient (Wildman–Crippen LogP) is 2.94. The molecule has 5 heteroatoms. The third kappa shape index (κ3) is 3.79. The first-order chi connectivity index (χ1) is 10.2. The fourth-order valence-corrected chi connectivity index (χ4v) is 2.91. The van der Waals surface area contributed by atoms with Gasteiger partial charge < -0.3 is 20.5 Å². The number of rotatable bonds is 7. The van der Waals surface area contributed by atoms with Crippen LogP contribution in [0.2, 0.25) is 0 Å². The Kier molecular flexibility index (Phi) is 5.67. The Morgan fingerprint density at radius 2 is 2.29 bits per heavy atom. The summed E-state index contributed by atoms with van der Waals surface area (Å²) >= 11 is 0. The van der Waals surface area contributed by atoms with Gasteiger partial charge in [-0.25, -0.2) is 4.39 Å². The lowest BCUT2D eigenvalue weighted by molar-refractivity contribution is 0.279. The highest BCUT2D eigenvalue weighted by molar-refractivity contribution is 5.70. The molecule has 1 heterocycles. The summed E-state index contributed by atoms with van der Waals surface area (Å²) in [5.41, 5.74) is 7.30. The Morgan fingerprint density at radius 1 is 1.48 bits per heavy atom. The van der Waals surface area contributed by atoms with Crippen molar-refractivity contribution in [3.8, 4) is 5.75 Å². The molecule has 1 atom stereocenters. The summed E-state index contributed by atoms with van der Waals surface area (Å²) in [6, 6.07) is 3.43. The average Bonchev–Trinajstić information content (AvgIpc) is 2.92. The summed E-state index contributed by atoms with van der Waals surface area (Å²) in [5.74, 6) is -0.135. The number of aliphatic hydroxyl groups excluding tert-OH is 1. The Morgan fingerprint density at radius 3 is 3.00 bits per heavy atom. The molecule has 0 aliphatic carbocycles. The minimum atomic E-state index is -0.407. The maximum Gasteiger partial charge on any atom is 0.167 e. The van der Waals surface area contributed by atoms with Crippen LogP contribution in [0.4, 0.5) is 15.8 Å². The first-order valence-electron chi connectivity index (χ1n) is 7.76. The minimum Gasteiger partial charge on any atom is -0.490 e. The zero-order chi connectivity index (χ0) is 15.2. The zero-order valence-electron chi connectivity index (χ0n) is 12.6. The van der Waals surface area contributed by atoms with E-state index >= 15 is 0 Å². The molecule has 1 saturated heterocycles. The van der Waals surface area contributed by atoms with Gasteiger partial charge in [-0.05, 0) is 32.1 Å². The van der Waals surface area contributed by atoms with E-state index in [4.69, 9.17) is 15.6 Å². The van der Waals surface area contributed by atoms with Gasteiger partial charge in [0.15, 0.2) is 11.6 Å². The second-order valence-electron chi connectivity index (χ2n) is 5.55. The van der Waals surface area contributed by atoms with E-state index in [2.05, 4.69) is 4.90 Å². The second-order valence-corrected chi connectivity index (χ2v) is 5.55. The average molecular weight is 296 g/mol. The third-order valence-electron chi connectivity index (χ3n) is 3.92. The molecule has 1 fully saturated rings. The topological polar surface area (TPSA) is 58.7 Å². The Bertz CT molecular complexity index is 468. The molecule has 0 amide bonds. The number of nitrogens with zero attached hydrogens (tertiary/aromatic N) is 1. The number of benzene rings is 1. The molecule has 0 aromatic heterocycles. The molecule has 1 aliphatic rings. The first kappa shape index (κ1) is 15.9. The van der Waals surface area contributed by atoms with Crippen molar-refractivity contribution in [3.05, 3.63) is 17.9 Å². The van der Waals surface area contributed by atoms with E-state index < -0.39 is 5.82 Å². The standard InChI is InChI=1S/C16H25FN2O2/c1-2-9-21-16-11-15(14(18)10-13(16)17)19-7-3-5-12(19)6-4-8-20/h10-12,20H,2-9,18H2,1H3. The van der Waals surface area contributed by atoms with E-state index in [0.717, 1.165) is 44.3 Å². The van der Waals surface area contributed by atoms with Gasteiger partial charge in [-0.15, -0.1) is 0 Å². The Hall–Kier alpha value is -1.49. The number of nitrogens with two attached hydrogens (primary N) is 1. The number of nitrogen functional groups attached to an aromatic ring is 1. The molecule has 1 aromatic carbocycles. The van der Waals surface area contributed by atoms with Crippen molar-refractivity contribution < 1.29 is 14.2 Å². The molecule has 0 radical (unpaired) electrons. The molecule has 1 unspecified atom stereocenters. The van der Waals surface area contributed by atoms with Gasteiger partial charge in [-0.3, -0.25) is 0 Å². The van der Waals surface area contributed by atoms with Crippen molar-refractivity contribution in [2.75, 3.05) is 30.4 Å². The smallest absolute Gasteiger partial charge is 0.167 e. The maximum absolute atomic E-state index is 13.9. The summed E-state index contributed by atoms with van der Waals surface area (Å²) in [4.78, 5) is 2.23. The lowest BCUT2D eigenvalue weighted by Gasteiger charge is -2.28. The molecular weight excluding hydrogens is 271 g/mol. The molecule has 1 aromatic rings. The predicted molar refractivity (Wildman–Crippen MR) is 83.3 cm³/mol. The molecule has 4 nitrogen and oxygen atoms in total. The summed E-state index contributed by atoms with van der Waals surface area (Å²) in [6.45, 7) is 3.60. The number of halogens is 1. The number of ether oxygens (including phenoxy) is 1. The highest BCUT2D eigenvalue weighted by atomic mass is 19.1. The van der Waals surface area contributed by atoms with Gasteiger partial charge in [0, 0.05) is 31.3 Å². The molecule has 0 spiro atoms. The summed E-state index contributed by atoms with van der Waals surface area (Å²) < 4.78 is 19.3. The Labute approximate surface area is 125 Å². The van der Waals surface area contributed by atoms with Crippen LogP contribution in [0.3, 0.4) is 0 Å². The van der Waals surface area contributed by atoms with Crippen molar-refractivity contribution in [1.82, 2.24) is 0 Å². The van der Waals surface area contributed by atoms with Gasteiger partial charge in [0.2, 0.25) is 0 Å². The largest absolute Gasteiger partial charge is 0.490 e. The van der Waals surface area contributed by atoms with Crippen LogP contribution < -0.4 is 15.4 Å². The number of hydrogen-bond acceptors (Lipinski definition) is 4. The normalized spacial score (nSPS) is 18.2. The molecule has 118 valence electrons. The van der Waals surface area contributed by atoms with E-state index in [1.807, 2.05) is 6.92 Å². The molecule has 2 rings (SSSR count). The van der Waals surface area contributed by atoms with Crippen LogP contribution in [0.25, 0.3) is 0 Å². The Balaban J connectivity index is 2.20. The molecule has 21 heavy (non-hydrogen) atoms. The van der Waals surface area contributed by atoms with Gasteiger partial charge in [0.1, 0.15) is 0 Å². The van der Waals surface area contributed by atoms with Crippen LogP contribution in [0.1, 0.15) is 39.0 Å². The van der Waals surface area contributed by atoms with Gasteiger partial charge in [0.05, 0.1) is 18.0 Å². The molecule has 3 N–H and O–H groups in total. The summed E-state index contributed by atoms with van der Waals surface area (Å²) in [5, 5.41) is 9.00. The lowest BCUT2D eigenvalue weighted by Crippen LogP contribution is -2.30. The zero-order valence-corrected chi connectivity index (χ0v) is 12.6. The number of anilines is 2. The molecular formula is C16H25FN2O2. The highest BCUT2D eigenvalue weighted by Crippen LogP contribution is 2.36. The number of hydrogen-bond donors (Lipinski definition) is 2. The second kappa shape index (κ2) is 7.50. The maximum atomic E-state index is 13.9. The molecule has 1 aliphatic heterocycles. The van der Waals surface area contributed by atoms with Crippen LogP contribution in [-0.4, -0.2) is 30.9 Å². The SMILES string of the molecule is CCCOc1cc(N2CCCC2CCCO)c(N)cc1F. The van der Waals surface area contributed by atoms with E-state index in [9.17, 15) is 4.39 Å². The monoisotopic (exact) mass is 296 g/mol. The van der Waals surface area contributed by atoms with E-state index in [1.54, 1.807) is 6.07 Å². The highest BCUT2D eigenvalue weighted by Gasteiger charge is 2.26.